The molecule has 5 aliphatic heterocycles. The zero-order chi connectivity index (χ0) is 87.8. The Balaban J connectivity index is 0.000000372. The number of hydrogen-bond donors (Lipinski definition) is 15. The molecule has 5 amide bonds. The molecule has 0 aromatic heterocycles. The van der Waals surface area contributed by atoms with Crippen LogP contribution >= 0.6 is 0 Å². The molecule has 0 bridgehead atoms. The Kier molecular flexibility index (Phi) is 45.2. The molecule has 30 atom stereocenters. The molecule has 4 aliphatic carbocycles. The molecule has 12 unspecified atom stereocenters. The Hall–Kier alpha value is -4.25. The molecule has 122 heavy (non-hydrogen) atoms. The number of aliphatic hydroxyl groups is 10. The molecule has 37 nitrogen and oxygen atoms in total. The second-order valence-electron chi connectivity index (χ2n) is 33.8. The maximum Gasteiger partial charge on any atom is 1.00 e. The predicted octanol–water partition coefficient (Wildman–Crippen LogP) is -2.39. The zero-order valence-corrected chi connectivity index (χ0v) is 73.9. The third kappa shape index (κ3) is 30.7. The summed E-state index contributed by atoms with van der Waals surface area (Å²) in [4.78, 5) is 106. The van der Waals surface area contributed by atoms with Crippen molar-refractivity contribution < 1.29 is 184 Å². The van der Waals surface area contributed by atoms with Crippen molar-refractivity contribution in [3.63, 3.8) is 0 Å². The van der Waals surface area contributed by atoms with E-state index in [0.717, 1.165) is 89.2 Å². The van der Waals surface area contributed by atoms with Crippen LogP contribution in [0.25, 0.3) is 0 Å². The van der Waals surface area contributed by atoms with Gasteiger partial charge in [-0.1, -0.05) is 117 Å². The minimum absolute atomic E-state index is 0. The van der Waals surface area contributed by atoms with Gasteiger partial charge in [-0.25, -0.2) is 13.2 Å². The fraction of sp³-hybridized carbons (Fsp3) is 0.855. The molecular formula is C83H138N5NaO32S. The molecule has 4 saturated carbocycles. The molecule has 0 spiro atoms. The average molecular weight is 1770 g/mol. The van der Waals surface area contributed by atoms with E-state index in [9.17, 15) is 107 Å². The number of rotatable bonds is 39. The molecule has 9 aliphatic rings. The van der Waals surface area contributed by atoms with Crippen molar-refractivity contribution in [3.8, 4) is 0 Å². The summed E-state index contributed by atoms with van der Waals surface area (Å²) in [5.74, 6) is -6.27. The Morgan fingerprint density at radius 1 is 0.516 bits per heavy atom. The summed E-state index contributed by atoms with van der Waals surface area (Å²) in [5.41, 5.74) is 0. The van der Waals surface area contributed by atoms with Gasteiger partial charge in [-0.3, -0.25) is 33.6 Å². The van der Waals surface area contributed by atoms with Gasteiger partial charge in [-0.2, -0.15) is 0 Å². The van der Waals surface area contributed by atoms with Gasteiger partial charge in [-0.05, 0) is 114 Å². The van der Waals surface area contributed by atoms with Gasteiger partial charge in [0.25, 0.3) is 5.91 Å². The van der Waals surface area contributed by atoms with Crippen LogP contribution in [-0.2, 0) is 95.8 Å². The number of allylic oxidation sites excluding steroid dienone is 1. The molecule has 5 saturated heterocycles. The Morgan fingerprint density at radius 2 is 0.918 bits per heavy atom. The first kappa shape index (κ1) is 107. The maximum absolute atomic E-state index is 13.9. The number of amides is 5. The van der Waals surface area contributed by atoms with E-state index in [-0.39, 0.29) is 130 Å². The molecule has 0 aromatic rings. The number of nitrogens with zero attached hydrogens (tertiary/aromatic N) is 1. The van der Waals surface area contributed by atoms with Gasteiger partial charge < -0.3 is 134 Å². The van der Waals surface area contributed by atoms with Crippen LogP contribution in [0.2, 0.25) is 0 Å². The molecule has 0 radical (unpaired) electrons. The molecule has 694 valence electrons. The van der Waals surface area contributed by atoms with E-state index in [2.05, 4.69) is 21.3 Å². The van der Waals surface area contributed by atoms with Crippen LogP contribution in [-0.4, -0.2) is 326 Å². The van der Waals surface area contributed by atoms with Crippen LogP contribution in [0, 0.1) is 35.5 Å². The number of Topliss-reactive ketones (excluding diaryl/α,β-unsaturated/α-hetero) is 2. The van der Waals surface area contributed by atoms with Crippen LogP contribution in [0.1, 0.15) is 210 Å². The number of ketones is 2. The first-order valence-corrected chi connectivity index (χ1v) is 44.8. The summed E-state index contributed by atoms with van der Waals surface area (Å²) >= 11 is 0. The van der Waals surface area contributed by atoms with Crippen LogP contribution in [0.4, 0.5) is 0 Å². The second-order valence-corrected chi connectivity index (χ2v) is 35.3. The third-order valence-corrected chi connectivity index (χ3v) is 25.5. The number of carbonyl (C=O) groups excluding carboxylic acids is 7. The minimum Gasteiger partial charge on any atom is -0.748 e. The van der Waals surface area contributed by atoms with Crippen molar-refractivity contribution in [2.24, 2.45) is 35.5 Å². The molecule has 0 aromatic carbocycles. The molecule has 39 heteroatoms. The average Bonchev–Trinajstić information content (AvgIpc) is 0.776. The number of aliphatic carboxylic acids is 1. The molecule has 9 rings (SSSR count). The predicted molar refractivity (Wildman–Crippen MR) is 429 cm³/mol. The Labute approximate surface area is 737 Å². The summed E-state index contributed by atoms with van der Waals surface area (Å²) in [7, 11) is -4.54. The summed E-state index contributed by atoms with van der Waals surface area (Å²) in [5, 5.41) is 129. The van der Waals surface area contributed by atoms with Gasteiger partial charge in [0.1, 0.15) is 103 Å². The largest absolute Gasteiger partial charge is 1.00 e. The summed E-state index contributed by atoms with van der Waals surface area (Å²) in [6.07, 6.45) is -12.2. The van der Waals surface area contributed by atoms with Crippen molar-refractivity contribution in [2.45, 2.75) is 369 Å². The van der Waals surface area contributed by atoms with E-state index in [0.29, 0.717) is 51.7 Å². The van der Waals surface area contributed by atoms with Gasteiger partial charge in [0, 0.05) is 64.7 Å². The van der Waals surface area contributed by atoms with Crippen LogP contribution in [0.5, 0.6) is 0 Å². The Morgan fingerprint density at radius 3 is 1.28 bits per heavy atom. The van der Waals surface area contributed by atoms with Crippen molar-refractivity contribution in [1.82, 2.24) is 26.2 Å². The Bertz CT molecular complexity index is 3430. The van der Waals surface area contributed by atoms with Crippen molar-refractivity contribution in [2.75, 3.05) is 45.1 Å². The molecule has 9 fully saturated rings. The van der Waals surface area contributed by atoms with Crippen molar-refractivity contribution >= 4 is 57.2 Å². The first-order chi connectivity index (χ1) is 57.1. The SMILES string of the molecule is C.CC/C=C/C(=O)NCCCC(=O)C1CC(CC)[C@@H](O[C@@H]2OC(C)[C@@H](O)[C@H](O)C2O)[C@H](O[C@@H]2O[C@@H](CO)[C@H](O)C(O[C@@H](CC3CCCCC3)C(=O)N3CCC3)C2NC(C)=O)C1.CCC1CC(C(=O)CCCNC(=O)/C=C/CS(=O)(=O)[O-])C[C@@H](O[C@@H]2O[C@@H](CO)[C@H](O)C(O[C@@H](CC3CCCCC3)C(=O)O)C2NC(C)=O)[C@@H]1O[C@@H]1OC(C)[C@@H](O)[C@H](O)C1O.[Na+]. The number of likely N-dealkylation sites (tertiary alicyclic amines) is 1. The number of nitrogens with one attached hydrogen (secondary N) is 4. The fourth-order valence-corrected chi connectivity index (χ4v) is 18.3. The molecule has 15 N–H and O–H groups in total. The number of carboxylic acids is 1. The summed E-state index contributed by atoms with van der Waals surface area (Å²) in [6.45, 7) is 11.4. The van der Waals surface area contributed by atoms with E-state index in [1.807, 2.05) is 20.8 Å². The first-order valence-electron chi connectivity index (χ1n) is 43.2. The van der Waals surface area contributed by atoms with Gasteiger partial charge in [-0.15, -0.1) is 0 Å². The van der Waals surface area contributed by atoms with Gasteiger partial charge >= 0.3 is 35.5 Å². The third-order valence-electron chi connectivity index (χ3n) is 24.9. The minimum atomic E-state index is -4.54. The molecule has 5 heterocycles. The van der Waals surface area contributed by atoms with E-state index in [1.54, 1.807) is 17.9 Å². The van der Waals surface area contributed by atoms with Crippen LogP contribution in [0.15, 0.2) is 24.3 Å². The van der Waals surface area contributed by atoms with E-state index in [4.69, 9.17) is 47.4 Å². The van der Waals surface area contributed by atoms with Gasteiger partial charge in [0.05, 0.1) is 65.7 Å². The number of carboxylic acid groups (broad SMARTS) is 1. The monoisotopic (exact) mass is 1770 g/mol. The van der Waals surface area contributed by atoms with Crippen LogP contribution in [0.3, 0.4) is 0 Å². The van der Waals surface area contributed by atoms with E-state index >= 15 is 0 Å². The summed E-state index contributed by atoms with van der Waals surface area (Å²) in [6, 6.07) is -2.53. The fourth-order valence-electron chi connectivity index (χ4n) is 18.0. The normalized spacial score (nSPS) is 35.9. The summed E-state index contributed by atoms with van der Waals surface area (Å²) < 4.78 is 95.2. The number of hydrogen-bond acceptors (Lipinski definition) is 31. The quantitative estimate of drug-likeness (QED) is 0.0132. The van der Waals surface area contributed by atoms with Crippen molar-refractivity contribution in [1.29, 1.82) is 0 Å². The van der Waals surface area contributed by atoms with Gasteiger partial charge in [0.15, 0.2) is 31.3 Å². The van der Waals surface area contributed by atoms with Gasteiger partial charge in [0.2, 0.25) is 23.6 Å². The van der Waals surface area contributed by atoms with E-state index in [1.165, 1.54) is 26.8 Å². The van der Waals surface area contributed by atoms with Crippen molar-refractivity contribution in [3.05, 3.63) is 24.3 Å². The maximum atomic E-state index is 13.9. The molecular weight excluding hydrogens is 1630 g/mol. The number of carbonyl (C=O) groups is 8. The smallest absolute Gasteiger partial charge is 0.748 e. The number of ether oxygens (including phenoxy) is 10. The topological polar surface area (TPSA) is 560 Å². The van der Waals surface area contributed by atoms with E-state index < -0.39 is 230 Å². The van der Waals surface area contributed by atoms with Crippen LogP contribution < -0.4 is 50.8 Å². The second kappa shape index (κ2) is 51.8. The zero-order valence-electron chi connectivity index (χ0n) is 71.1. The standard InChI is InChI=1S/C43H71N3O14.C39H64N2O18S.CH4.Na/c1-5-7-16-33(50)44-17-11-15-29(49)28-21-27(6-2)39(60-43-38(54)37(53)35(51)24(3)56-43)30(22-28)58-42-34(45-25(4)48)40(36(52)32(23-47)59-42)57-31(41(55)46-18-12-19-46)20-26-13-9-8-10-14-26;1-4-23-17-24(25(44)12-8-14-40-29(45)13-9-15-60(52,53)54)18-26(35(23)59-39-34(49)33(48)31(46)20(2)55-39)57-38-30(41-21(3)43)36(32(47)28(19-42)58-38)56-27(37(50)51)16-22-10-6-5-7-11-22;;/h7,16,24,26-28,30-32,34-40,42-43,47,51-54H,5-6,8-15,17-23H2,1-4H3,(H,44,50)(H,45,48);9,13,20,22-24,26-28,30-36,38-39,42,46-49H,4-8,10-12,14-19H2,1-3H3,(H,40,45)(H,41,43)(H,50,51)(H,52,53,54);1H4;/q;;;+1/p-1/b16-7+;13-9+;;/t24?,27?,28?,30-,31+,32+,34?,35-,36+,37+,38?,39-,40?,42-,43+;20?,23?,24?,26-,27+,28+,30?,31-,32+,33+,34?,35-,36?,38-,39+;;/m11../s1. The number of aliphatic hydroxyl groups excluding tert-OH is 10.